The standard InChI is InChI=1S/C10H18N2/c1-10(2,3)9(8-11)12-6-4-5-7-12/h9H,4-7H2,1-3H3. The van der Waals surface area contributed by atoms with Gasteiger partial charge in [-0.25, -0.2) is 0 Å². The van der Waals surface area contributed by atoms with E-state index in [0.29, 0.717) is 0 Å². The van der Waals surface area contributed by atoms with Crippen molar-refractivity contribution in [2.24, 2.45) is 5.41 Å². The van der Waals surface area contributed by atoms with E-state index in [-0.39, 0.29) is 11.5 Å². The Morgan fingerprint density at radius 3 is 2.08 bits per heavy atom. The molecule has 1 rings (SSSR count). The van der Waals surface area contributed by atoms with Gasteiger partial charge in [-0.3, -0.25) is 4.90 Å². The molecule has 0 amide bonds. The maximum absolute atomic E-state index is 9.03. The van der Waals surface area contributed by atoms with Crippen LogP contribution in [0.3, 0.4) is 0 Å². The van der Waals surface area contributed by atoms with Crippen molar-refractivity contribution in [3.05, 3.63) is 0 Å². The average molecular weight is 166 g/mol. The third kappa shape index (κ3) is 1.98. The lowest BCUT2D eigenvalue weighted by Crippen LogP contribution is -2.41. The molecule has 0 N–H and O–H groups in total. The normalized spacial score (nSPS) is 22.2. The van der Waals surface area contributed by atoms with Crippen molar-refractivity contribution >= 4 is 0 Å². The molecule has 2 nitrogen and oxygen atoms in total. The Bertz CT molecular complexity index is 179. The molecule has 1 aliphatic heterocycles. The second-order valence-electron chi connectivity index (χ2n) is 4.64. The lowest BCUT2D eigenvalue weighted by atomic mass is 9.87. The molecular formula is C10H18N2. The van der Waals surface area contributed by atoms with E-state index in [0.717, 1.165) is 13.1 Å². The molecule has 0 bridgehead atoms. The third-order valence-corrected chi connectivity index (χ3v) is 2.45. The highest BCUT2D eigenvalue weighted by Gasteiger charge is 2.31. The minimum atomic E-state index is 0.0963. The maximum Gasteiger partial charge on any atom is 0.103 e. The van der Waals surface area contributed by atoms with Crippen LogP contribution in [-0.2, 0) is 0 Å². The SMILES string of the molecule is CC(C)(C)C(C#N)N1CCCC1. The second kappa shape index (κ2) is 3.45. The van der Waals surface area contributed by atoms with Gasteiger partial charge in [0.05, 0.1) is 6.07 Å². The van der Waals surface area contributed by atoms with Crippen molar-refractivity contribution in [3.8, 4) is 6.07 Å². The molecule has 12 heavy (non-hydrogen) atoms. The highest BCUT2D eigenvalue weighted by Crippen LogP contribution is 2.26. The molecule has 0 aliphatic carbocycles. The fourth-order valence-electron chi connectivity index (χ4n) is 1.82. The number of nitriles is 1. The van der Waals surface area contributed by atoms with Crippen LogP contribution in [0.15, 0.2) is 0 Å². The van der Waals surface area contributed by atoms with Crippen LogP contribution in [0.4, 0.5) is 0 Å². The largest absolute Gasteiger partial charge is 0.288 e. The van der Waals surface area contributed by atoms with Gasteiger partial charge in [0.2, 0.25) is 0 Å². The number of hydrogen-bond acceptors (Lipinski definition) is 2. The Morgan fingerprint density at radius 1 is 1.25 bits per heavy atom. The van der Waals surface area contributed by atoms with E-state index in [2.05, 4.69) is 31.7 Å². The molecule has 1 atom stereocenters. The monoisotopic (exact) mass is 166 g/mol. The Kier molecular flexibility index (Phi) is 2.74. The summed E-state index contributed by atoms with van der Waals surface area (Å²) in [7, 11) is 0. The average Bonchev–Trinajstić information content (AvgIpc) is 2.38. The smallest absolute Gasteiger partial charge is 0.103 e. The van der Waals surface area contributed by atoms with Crippen LogP contribution in [0.2, 0.25) is 0 Å². The quantitative estimate of drug-likeness (QED) is 0.596. The van der Waals surface area contributed by atoms with E-state index >= 15 is 0 Å². The molecule has 0 aromatic heterocycles. The summed E-state index contributed by atoms with van der Waals surface area (Å²) in [5.74, 6) is 0. The molecule has 1 unspecified atom stereocenters. The molecule has 2 heteroatoms. The van der Waals surface area contributed by atoms with Gasteiger partial charge < -0.3 is 0 Å². The van der Waals surface area contributed by atoms with Gasteiger partial charge in [0.15, 0.2) is 0 Å². The summed E-state index contributed by atoms with van der Waals surface area (Å²) in [6.07, 6.45) is 2.52. The van der Waals surface area contributed by atoms with Crippen LogP contribution in [0, 0.1) is 16.7 Å². The predicted octanol–water partition coefficient (Wildman–Crippen LogP) is 2.02. The minimum absolute atomic E-state index is 0.0963. The van der Waals surface area contributed by atoms with Crippen LogP contribution in [0.25, 0.3) is 0 Å². The molecule has 1 aliphatic rings. The number of nitrogens with zero attached hydrogens (tertiary/aromatic N) is 2. The molecule has 0 aromatic rings. The predicted molar refractivity (Wildman–Crippen MR) is 49.7 cm³/mol. The van der Waals surface area contributed by atoms with Gasteiger partial charge in [-0.2, -0.15) is 5.26 Å². The van der Waals surface area contributed by atoms with Crippen LogP contribution in [0.5, 0.6) is 0 Å². The third-order valence-electron chi connectivity index (χ3n) is 2.45. The van der Waals surface area contributed by atoms with Crippen molar-refractivity contribution in [2.45, 2.75) is 39.7 Å². The first-order valence-corrected chi connectivity index (χ1v) is 4.69. The van der Waals surface area contributed by atoms with Crippen LogP contribution in [0.1, 0.15) is 33.6 Å². The first-order valence-electron chi connectivity index (χ1n) is 4.69. The van der Waals surface area contributed by atoms with Crippen LogP contribution in [-0.4, -0.2) is 24.0 Å². The summed E-state index contributed by atoms with van der Waals surface area (Å²) in [6.45, 7) is 8.63. The summed E-state index contributed by atoms with van der Waals surface area (Å²) < 4.78 is 0. The van der Waals surface area contributed by atoms with Crippen molar-refractivity contribution in [3.63, 3.8) is 0 Å². The summed E-state index contributed by atoms with van der Waals surface area (Å²) in [4.78, 5) is 2.31. The topological polar surface area (TPSA) is 27.0 Å². The fourth-order valence-corrected chi connectivity index (χ4v) is 1.82. The number of rotatable bonds is 1. The highest BCUT2D eigenvalue weighted by atomic mass is 15.2. The number of likely N-dealkylation sites (tertiary alicyclic amines) is 1. The lowest BCUT2D eigenvalue weighted by Gasteiger charge is -2.32. The molecule has 1 saturated heterocycles. The molecule has 1 fully saturated rings. The first kappa shape index (κ1) is 9.54. The number of hydrogen-bond donors (Lipinski definition) is 0. The Balaban J connectivity index is 2.63. The molecule has 1 heterocycles. The summed E-state index contributed by atoms with van der Waals surface area (Å²) in [6, 6.07) is 2.51. The van der Waals surface area contributed by atoms with E-state index in [4.69, 9.17) is 5.26 Å². The van der Waals surface area contributed by atoms with E-state index in [1.54, 1.807) is 0 Å². The molecular weight excluding hydrogens is 148 g/mol. The van der Waals surface area contributed by atoms with Crippen LogP contribution >= 0.6 is 0 Å². The minimum Gasteiger partial charge on any atom is -0.288 e. The zero-order valence-electron chi connectivity index (χ0n) is 8.30. The molecule has 0 saturated carbocycles. The van der Waals surface area contributed by atoms with Gasteiger partial charge in [0.25, 0.3) is 0 Å². The van der Waals surface area contributed by atoms with Gasteiger partial charge >= 0.3 is 0 Å². The van der Waals surface area contributed by atoms with Gasteiger partial charge in [-0.15, -0.1) is 0 Å². The lowest BCUT2D eigenvalue weighted by molar-refractivity contribution is 0.169. The Hall–Kier alpha value is -0.550. The van der Waals surface area contributed by atoms with Crippen LogP contribution < -0.4 is 0 Å². The first-order chi connectivity index (χ1) is 5.55. The van der Waals surface area contributed by atoms with Gasteiger partial charge in [0.1, 0.15) is 6.04 Å². The molecule has 0 spiro atoms. The summed E-state index contributed by atoms with van der Waals surface area (Å²) >= 11 is 0. The van der Waals surface area contributed by atoms with E-state index in [1.165, 1.54) is 12.8 Å². The highest BCUT2D eigenvalue weighted by molar-refractivity contribution is 5.00. The van der Waals surface area contributed by atoms with Gasteiger partial charge in [-0.1, -0.05) is 20.8 Å². The van der Waals surface area contributed by atoms with Gasteiger partial charge in [0, 0.05) is 0 Å². The van der Waals surface area contributed by atoms with Crippen molar-refractivity contribution < 1.29 is 0 Å². The zero-order valence-corrected chi connectivity index (χ0v) is 8.30. The second-order valence-corrected chi connectivity index (χ2v) is 4.64. The molecule has 0 aromatic carbocycles. The van der Waals surface area contributed by atoms with E-state index < -0.39 is 0 Å². The molecule has 68 valence electrons. The van der Waals surface area contributed by atoms with E-state index in [9.17, 15) is 0 Å². The van der Waals surface area contributed by atoms with Crippen molar-refractivity contribution in [1.82, 2.24) is 4.90 Å². The summed E-state index contributed by atoms with van der Waals surface area (Å²) in [5, 5.41) is 9.03. The Labute approximate surface area is 75.2 Å². The Morgan fingerprint density at radius 2 is 1.75 bits per heavy atom. The van der Waals surface area contributed by atoms with Gasteiger partial charge in [-0.05, 0) is 31.3 Å². The van der Waals surface area contributed by atoms with E-state index in [1.807, 2.05) is 0 Å². The fraction of sp³-hybridized carbons (Fsp3) is 0.900. The molecule has 0 radical (unpaired) electrons. The maximum atomic E-state index is 9.03. The summed E-state index contributed by atoms with van der Waals surface area (Å²) in [5.41, 5.74) is 0.0963. The van der Waals surface area contributed by atoms with Crippen molar-refractivity contribution in [1.29, 1.82) is 5.26 Å². The van der Waals surface area contributed by atoms with Crippen molar-refractivity contribution in [2.75, 3.05) is 13.1 Å². The zero-order chi connectivity index (χ0) is 9.19.